The number of aromatic nitrogens is 3. The topological polar surface area (TPSA) is 96.3 Å². The summed E-state index contributed by atoms with van der Waals surface area (Å²) in [7, 11) is -2.99. The van der Waals surface area contributed by atoms with E-state index in [0.717, 1.165) is 89.8 Å². The van der Waals surface area contributed by atoms with Crippen molar-refractivity contribution in [3.8, 4) is 0 Å². The van der Waals surface area contributed by atoms with Crippen LogP contribution in [0.15, 0.2) is 0 Å². The smallest absolute Gasteiger partial charge is 0.211 e. The van der Waals surface area contributed by atoms with Gasteiger partial charge in [0, 0.05) is 82.2 Å². The molecule has 5 rings (SSSR count). The molecule has 0 aliphatic carbocycles. The Morgan fingerprint density at radius 3 is 1.44 bits per heavy atom. The molecule has 1 aromatic rings. The molecule has 0 spiro atoms. The van der Waals surface area contributed by atoms with E-state index in [4.69, 9.17) is 9.47 Å². The lowest BCUT2D eigenvalue weighted by atomic mass is 9.76. The van der Waals surface area contributed by atoms with Gasteiger partial charge in [-0.2, -0.15) is 4.31 Å². The molecule has 3 saturated heterocycles. The quantitative estimate of drug-likeness (QED) is 0.395. The highest BCUT2D eigenvalue weighted by molar-refractivity contribution is 7.88. The molecule has 0 N–H and O–H groups in total. The zero-order valence-electron chi connectivity index (χ0n) is 33.4. The number of hydrogen-bond acceptors (Lipinski definition) is 9. The molecule has 12 heteroatoms. The molecule has 0 bridgehead atoms. The fraction of sp³-hybridized carbons (Fsp3) is 0.944. The van der Waals surface area contributed by atoms with Gasteiger partial charge in [-0.15, -0.1) is 10.2 Å². The molecule has 0 unspecified atom stereocenters. The second-order valence-electron chi connectivity index (χ2n) is 17.8. The van der Waals surface area contributed by atoms with Crippen molar-refractivity contribution < 1.29 is 17.9 Å². The highest BCUT2D eigenvalue weighted by Gasteiger charge is 2.30. The Morgan fingerprint density at radius 2 is 1.04 bits per heavy atom. The van der Waals surface area contributed by atoms with Crippen molar-refractivity contribution in [1.29, 1.82) is 0 Å². The first-order valence-electron chi connectivity index (χ1n) is 18.1. The van der Waals surface area contributed by atoms with Crippen molar-refractivity contribution in [2.45, 2.75) is 133 Å². The molecule has 282 valence electrons. The summed E-state index contributed by atoms with van der Waals surface area (Å²) < 4.78 is 36.8. The maximum Gasteiger partial charge on any atom is 0.211 e. The monoisotopic (exact) mass is 700 g/mol. The van der Waals surface area contributed by atoms with Gasteiger partial charge >= 0.3 is 0 Å². The van der Waals surface area contributed by atoms with Crippen LogP contribution in [-0.2, 0) is 32.6 Å². The zero-order valence-corrected chi connectivity index (χ0v) is 34.2. The van der Waals surface area contributed by atoms with Crippen LogP contribution in [0, 0.1) is 18.3 Å². The van der Waals surface area contributed by atoms with Crippen LogP contribution in [0.3, 0.4) is 0 Å². The van der Waals surface area contributed by atoms with E-state index < -0.39 is 10.0 Å². The Hall–Kier alpha value is -1.15. The molecule has 0 saturated carbocycles. The number of piperazine rings is 1. The van der Waals surface area contributed by atoms with Gasteiger partial charge in [-0.1, -0.05) is 20.8 Å². The zero-order chi connectivity index (χ0) is 36.6. The normalized spacial score (nSPS) is 21.5. The predicted octanol–water partition coefficient (Wildman–Crippen LogP) is 5.14. The van der Waals surface area contributed by atoms with Gasteiger partial charge in [-0.05, 0) is 93.4 Å². The molecule has 11 nitrogen and oxygen atoms in total. The van der Waals surface area contributed by atoms with Gasteiger partial charge in [0.25, 0.3) is 0 Å². The fourth-order valence-electron chi connectivity index (χ4n) is 6.36. The van der Waals surface area contributed by atoms with Crippen LogP contribution in [0.1, 0.15) is 108 Å². The average molecular weight is 700 g/mol. The largest absolute Gasteiger partial charge is 0.381 e. The van der Waals surface area contributed by atoms with Crippen molar-refractivity contribution in [2.24, 2.45) is 11.3 Å². The second kappa shape index (κ2) is 17.9. The third-order valence-corrected chi connectivity index (χ3v) is 11.3. The van der Waals surface area contributed by atoms with E-state index in [1.165, 1.54) is 19.1 Å². The Bertz CT molecular complexity index is 1140. The van der Waals surface area contributed by atoms with E-state index in [0.29, 0.717) is 24.0 Å². The SMILES string of the molecule is CC(C)(C)C1CCOCC1.CC(C)(C)N1CCN(S(C)(=O)=O)CC1.CC(C)(C)N1CCOCC1.Cc1nnc2n1CCN(C(C)(C)C)C2. The Labute approximate surface area is 295 Å². The summed E-state index contributed by atoms with van der Waals surface area (Å²) in [5.74, 6) is 3.01. The number of fused-ring (bicyclic) bond motifs is 1. The van der Waals surface area contributed by atoms with E-state index in [1.807, 2.05) is 6.92 Å². The molecular weight excluding hydrogens is 627 g/mol. The van der Waals surface area contributed by atoms with E-state index in [-0.39, 0.29) is 11.1 Å². The number of rotatable bonds is 1. The van der Waals surface area contributed by atoms with Crippen LogP contribution >= 0.6 is 0 Å². The summed E-state index contributed by atoms with van der Waals surface area (Å²) in [5, 5.41) is 8.29. The molecule has 48 heavy (non-hydrogen) atoms. The predicted molar refractivity (Wildman–Crippen MR) is 198 cm³/mol. The Morgan fingerprint density at radius 1 is 0.604 bits per heavy atom. The summed E-state index contributed by atoms with van der Waals surface area (Å²) in [4.78, 5) is 7.21. The van der Waals surface area contributed by atoms with Crippen molar-refractivity contribution >= 4 is 10.0 Å². The van der Waals surface area contributed by atoms with Crippen molar-refractivity contribution in [3.63, 3.8) is 0 Å². The second-order valence-corrected chi connectivity index (χ2v) is 19.7. The summed E-state index contributed by atoms with van der Waals surface area (Å²) in [6, 6.07) is 0. The maximum absolute atomic E-state index is 11.3. The van der Waals surface area contributed by atoms with Crippen LogP contribution < -0.4 is 0 Å². The van der Waals surface area contributed by atoms with Crippen molar-refractivity contribution in [2.75, 3.05) is 78.5 Å². The van der Waals surface area contributed by atoms with Crippen molar-refractivity contribution in [3.05, 3.63) is 11.6 Å². The van der Waals surface area contributed by atoms with E-state index >= 15 is 0 Å². The molecule has 0 atom stereocenters. The summed E-state index contributed by atoms with van der Waals surface area (Å²) in [5.41, 5.74) is 1.18. The van der Waals surface area contributed by atoms with Crippen LogP contribution in [0.4, 0.5) is 0 Å². The molecule has 0 radical (unpaired) electrons. The molecule has 5 heterocycles. The van der Waals surface area contributed by atoms with E-state index in [2.05, 4.69) is 113 Å². The van der Waals surface area contributed by atoms with Crippen LogP contribution in [0.2, 0.25) is 0 Å². The molecular formula is C36H73N7O4S. The minimum atomic E-state index is -2.99. The minimum Gasteiger partial charge on any atom is -0.381 e. The molecule has 1 aromatic heterocycles. The Kier molecular flexibility index (Phi) is 16.0. The van der Waals surface area contributed by atoms with E-state index in [1.54, 1.807) is 4.31 Å². The summed E-state index contributed by atoms with van der Waals surface area (Å²) in [6.07, 6.45) is 3.78. The van der Waals surface area contributed by atoms with Gasteiger partial charge < -0.3 is 14.0 Å². The average Bonchev–Trinajstić information content (AvgIpc) is 3.37. The number of ether oxygens (including phenoxy) is 2. The maximum atomic E-state index is 11.3. The summed E-state index contributed by atoms with van der Waals surface area (Å²) >= 11 is 0. The minimum absolute atomic E-state index is 0.142. The highest BCUT2D eigenvalue weighted by atomic mass is 32.2. The lowest BCUT2D eigenvalue weighted by molar-refractivity contribution is -0.00389. The van der Waals surface area contributed by atoms with Crippen LogP contribution in [0.5, 0.6) is 0 Å². The van der Waals surface area contributed by atoms with Gasteiger partial charge in [-0.3, -0.25) is 14.7 Å². The van der Waals surface area contributed by atoms with Gasteiger partial charge in [-0.25, -0.2) is 8.42 Å². The lowest BCUT2D eigenvalue weighted by Crippen LogP contribution is -2.54. The van der Waals surface area contributed by atoms with Gasteiger partial charge in [0.05, 0.1) is 26.0 Å². The van der Waals surface area contributed by atoms with Gasteiger partial charge in [0.2, 0.25) is 10.0 Å². The van der Waals surface area contributed by atoms with Gasteiger partial charge in [0.1, 0.15) is 11.6 Å². The van der Waals surface area contributed by atoms with Crippen LogP contribution in [-0.4, -0.2) is 137 Å². The number of hydrogen-bond donors (Lipinski definition) is 0. The standard InChI is InChI=1S/C10H18N4.C9H20N2O2S.C9H18O.C8H17NO/c1-8-11-12-9-7-13(10(2,3)4)5-6-14(8)9;1-9(2,3)10-5-7-11(8-6-10)14(4,12)13;1-9(2,3)8-4-6-10-7-5-8;1-8(2,3)9-4-6-10-7-5-9/h5-7H2,1-4H3;5-8H2,1-4H3;8H,4-7H2,1-3H3;4-7H2,1-3H3. The first-order chi connectivity index (χ1) is 21.9. The van der Waals surface area contributed by atoms with Crippen molar-refractivity contribution in [1.82, 2.24) is 33.8 Å². The number of morpholine rings is 1. The first-order valence-corrected chi connectivity index (χ1v) is 20.0. The molecule has 4 aliphatic heterocycles. The third kappa shape index (κ3) is 14.6. The van der Waals surface area contributed by atoms with Crippen LogP contribution in [0.25, 0.3) is 0 Å². The molecule has 0 amide bonds. The number of nitrogens with zero attached hydrogens (tertiary/aromatic N) is 7. The number of aryl methyl sites for hydroxylation is 1. The summed E-state index contributed by atoms with van der Waals surface area (Å²) in [6.45, 7) is 40.8. The van der Waals surface area contributed by atoms with E-state index in [9.17, 15) is 8.42 Å². The highest BCUT2D eigenvalue weighted by Crippen LogP contribution is 2.33. The molecule has 3 fully saturated rings. The molecule has 0 aromatic carbocycles. The lowest BCUT2D eigenvalue weighted by Gasteiger charge is -2.41. The fourth-order valence-corrected chi connectivity index (χ4v) is 7.19. The number of sulfonamides is 1. The Balaban J connectivity index is 0.000000225. The van der Waals surface area contributed by atoms with Gasteiger partial charge in [0.15, 0.2) is 0 Å². The first kappa shape index (κ1) is 43.0. The molecule has 4 aliphatic rings. The third-order valence-electron chi connectivity index (χ3n) is 9.95.